The average Bonchev–Trinajstić information content (AvgIpc) is 3.48. The third-order valence-corrected chi connectivity index (χ3v) is 15.8. The van der Waals surface area contributed by atoms with Crippen LogP contribution in [0.4, 0.5) is 0 Å². The molecule has 0 aromatic heterocycles. The van der Waals surface area contributed by atoms with E-state index in [0.29, 0.717) is 6.42 Å². The first-order valence-corrected chi connectivity index (χ1v) is 32.2. The summed E-state index contributed by atoms with van der Waals surface area (Å²) in [5, 5.41) is 87.3. The van der Waals surface area contributed by atoms with E-state index in [4.69, 9.17) is 18.9 Å². The van der Waals surface area contributed by atoms with Gasteiger partial charge in [0, 0.05) is 6.42 Å². The molecule has 12 unspecified atom stereocenters. The molecule has 78 heavy (non-hydrogen) atoms. The molecule has 2 rings (SSSR count). The lowest BCUT2D eigenvalue weighted by Gasteiger charge is -2.46. The summed E-state index contributed by atoms with van der Waals surface area (Å²) in [6.07, 6.45) is 44.6. The van der Waals surface area contributed by atoms with Crippen LogP contribution < -0.4 is 5.32 Å². The number of hydrogen-bond acceptors (Lipinski definition) is 13. The Morgan fingerprint density at radius 3 is 1.28 bits per heavy atom. The number of hydrogen-bond donors (Lipinski definition) is 9. The van der Waals surface area contributed by atoms with E-state index in [1.54, 1.807) is 6.08 Å². The Labute approximate surface area is 474 Å². The Balaban J connectivity index is 1.74. The number of ether oxygens (including phenoxy) is 4. The average molecular weight is 1110 g/mol. The van der Waals surface area contributed by atoms with Crippen LogP contribution in [-0.4, -0.2) is 140 Å². The monoisotopic (exact) mass is 1110 g/mol. The highest BCUT2D eigenvalue weighted by Crippen LogP contribution is 2.30. The van der Waals surface area contributed by atoms with Gasteiger partial charge in [-0.2, -0.15) is 0 Å². The van der Waals surface area contributed by atoms with E-state index in [2.05, 4.69) is 43.5 Å². The van der Waals surface area contributed by atoms with Gasteiger partial charge in [0.2, 0.25) is 5.91 Å². The van der Waals surface area contributed by atoms with Crippen molar-refractivity contribution in [2.45, 2.75) is 344 Å². The molecule has 1 amide bonds. The molecule has 2 saturated heterocycles. The summed E-state index contributed by atoms with van der Waals surface area (Å²) in [6, 6.07) is -0.916. The summed E-state index contributed by atoms with van der Waals surface area (Å²) in [5.74, 6) is -0.239. The van der Waals surface area contributed by atoms with Gasteiger partial charge in [-0.05, 0) is 51.4 Å². The molecule has 0 aromatic rings. The van der Waals surface area contributed by atoms with E-state index in [0.717, 1.165) is 44.9 Å². The van der Waals surface area contributed by atoms with Gasteiger partial charge < -0.3 is 65.1 Å². The lowest BCUT2D eigenvalue weighted by Crippen LogP contribution is -2.65. The number of allylic oxidation sites excluding steroid dienone is 5. The molecule has 2 aliphatic heterocycles. The Bertz CT molecular complexity index is 1450. The first kappa shape index (κ1) is 72.3. The van der Waals surface area contributed by atoms with Crippen molar-refractivity contribution in [1.29, 1.82) is 0 Å². The quantitative estimate of drug-likeness (QED) is 0.0204. The van der Waals surface area contributed by atoms with E-state index in [9.17, 15) is 45.6 Å². The van der Waals surface area contributed by atoms with E-state index in [1.807, 2.05) is 6.08 Å². The Morgan fingerprint density at radius 1 is 0.462 bits per heavy atom. The van der Waals surface area contributed by atoms with Gasteiger partial charge >= 0.3 is 0 Å². The van der Waals surface area contributed by atoms with Crippen LogP contribution in [0.15, 0.2) is 36.5 Å². The molecule has 2 heterocycles. The second kappa shape index (κ2) is 49.8. The van der Waals surface area contributed by atoms with Gasteiger partial charge in [0.15, 0.2) is 12.6 Å². The molecule has 0 spiro atoms. The summed E-state index contributed by atoms with van der Waals surface area (Å²) in [7, 11) is 0. The summed E-state index contributed by atoms with van der Waals surface area (Å²) < 4.78 is 22.8. The van der Waals surface area contributed by atoms with Crippen molar-refractivity contribution >= 4 is 5.91 Å². The van der Waals surface area contributed by atoms with Crippen LogP contribution in [-0.2, 0) is 23.7 Å². The Morgan fingerprint density at radius 2 is 0.846 bits per heavy atom. The van der Waals surface area contributed by atoms with Gasteiger partial charge in [0.05, 0.1) is 32.0 Å². The molecule has 12 atom stereocenters. The summed E-state index contributed by atoms with van der Waals surface area (Å²) in [6.45, 7) is 2.82. The van der Waals surface area contributed by atoms with E-state index < -0.39 is 86.8 Å². The molecular weight excluding hydrogens is 991 g/mol. The minimum atomic E-state index is -1.79. The molecule has 2 fully saturated rings. The summed E-state index contributed by atoms with van der Waals surface area (Å²) in [4.78, 5) is 13.3. The third kappa shape index (κ3) is 34.6. The van der Waals surface area contributed by atoms with Crippen molar-refractivity contribution in [3.8, 4) is 0 Å². The number of aliphatic hydroxyl groups is 8. The van der Waals surface area contributed by atoms with Crippen molar-refractivity contribution in [1.82, 2.24) is 5.32 Å². The fraction of sp³-hybridized carbons (Fsp3) is 0.891. The fourth-order valence-electron chi connectivity index (χ4n) is 10.6. The van der Waals surface area contributed by atoms with Crippen LogP contribution in [0.2, 0.25) is 0 Å². The van der Waals surface area contributed by atoms with Gasteiger partial charge in [-0.25, -0.2) is 0 Å². The number of rotatable bonds is 52. The highest BCUT2D eigenvalue weighted by Gasteiger charge is 2.51. The highest BCUT2D eigenvalue weighted by atomic mass is 16.7. The largest absolute Gasteiger partial charge is 0.394 e. The van der Waals surface area contributed by atoms with Crippen LogP contribution in [0.1, 0.15) is 271 Å². The zero-order valence-electron chi connectivity index (χ0n) is 49.4. The van der Waals surface area contributed by atoms with E-state index >= 15 is 0 Å². The molecule has 14 heteroatoms. The molecule has 2 aliphatic rings. The van der Waals surface area contributed by atoms with Crippen LogP contribution >= 0.6 is 0 Å². The minimum absolute atomic E-state index is 0.239. The maximum Gasteiger partial charge on any atom is 0.220 e. The number of amides is 1. The topological polar surface area (TPSA) is 228 Å². The predicted molar refractivity (Wildman–Crippen MR) is 314 cm³/mol. The minimum Gasteiger partial charge on any atom is -0.394 e. The molecule has 0 saturated carbocycles. The lowest BCUT2D eigenvalue weighted by molar-refractivity contribution is -0.359. The summed E-state index contributed by atoms with van der Waals surface area (Å²) >= 11 is 0. The van der Waals surface area contributed by atoms with Crippen LogP contribution in [0.3, 0.4) is 0 Å². The van der Waals surface area contributed by atoms with Crippen LogP contribution in [0.25, 0.3) is 0 Å². The van der Waals surface area contributed by atoms with Gasteiger partial charge in [-0.1, -0.05) is 249 Å². The molecule has 0 bridgehead atoms. The molecular formula is C64H119NO13. The maximum absolute atomic E-state index is 13.3. The first-order valence-electron chi connectivity index (χ1n) is 32.2. The molecule has 0 radical (unpaired) electrons. The van der Waals surface area contributed by atoms with Crippen LogP contribution in [0, 0.1) is 0 Å². The lowest BCUT2D eigenvalue weighted by atomic mass is 9.97. The van der Waals surface area contributed by atoms with Crippen molar-refractivity contribution in [2.24, 2.45) is 0 Å². The molecule has 9 N–H and O–H groups in total. The SMILES string of the molecule is CCCCCCC/C=C\C/C=C\CCCCCCCCCCCCCC(=O)NC(COC1OC(CO)C(OC2OC(CO)C(O)C(O)C2O)C(O)C1O)C(O)/C=C/CCCCCCCCCCCCCCCCCCCCC. The molecule has 0 aromatic carbocycles. The summed E-state index contributed by atoms with van der Waals surface area (Å²) in [5.41, 5.74) is 0. The van der Waals surface area contributed by atoms with Crippen LogP contribution in [0.5, 0.6) is 0 Å². The normalized spacial score (nSPS) is 24.7. The number of nitrogens with one attached hydrogen (secondary N) is 1. The third-order valence-electron chi connectivity index (χ3n) is 15.8. The van der Waals surface area contributed by atoms with E-state index in [-0.39, 0.29) is 18.9 Å². The van der Waals surface area contributed by atoms with Gasteiger partial charge in [0.25, 0.3) is 0 Å². The number of unbranched alkanes of at least 4 members (excludes halogenated alkanes) is 35. The highest BCUT2D eigenvalue weighted by molar-refractivity contribution is 5.76. The van der Waals surface area contributed by atoms with Crippen molar-refractivity contribution in [3.05, 3.63) is 36.5 Å². The maximum atomic E-state index is 13.3. The fourth-order valence-corrected chi connectivity index (χ4v) is 10.6. The van der Waals surface area contributed by atoms with Crippen molar-refractivity contribution in [3.63, 3.8) is 0 Å². The van der Waals surface area contributed by atoms with Gasteiger partial charge in [-0.3, -0.25) is 4.79 Å². The smallest absolute Gasteiger partial charge is 0.220 e. The number of carbonyl (C=O) groups excluding carboxylic acids is 1. The standard InChI is InChI=1S/C64H119NO13/c1-3-5-7-9-11-13-15-17-19-21-23-25-26-28-30-32-34-36-38-40-42-44-46-48-56(69)65-52(53(68)47-45-43-41-39-37-35-33-31-29-27-24-22-20-18-16-14-12-10-8-6-4-2)51-75-63-61(74)59(72)62(55(50-67)77-63)78-64-60(73)58(71)57(70)54(49-66)76-64/h15,17,21,23,45,47,52-55,57-64,66-68,70-74H,3-14,16,18-20,22,24-44,46,48-51H2,1-2H3,(H,65,69)/b17-15-,23-21-,47-45+. The Kier molecular flexibility index (Phi) is 46.2. The first-order chi connectivity index (χ1) is 38.1. The van der Waals surface area contributed by atoms with Gasteiger partial charge in [-0.15, -0.1) is 0 Å². The molecule has 14 nitrogen and oxygen atoms in total. The van der Waals surface area contributed by atoms with Crippen molar-refractivity contribution in [2.75, 3.05) is 19.8 Å². The van der Waals surface area contributed by atoms with E-state index in [1.165, 1.54) is 199 Å². The second-order valence-electron chi connectivity index (χ2n) is 22.9. The zero-order chi connectivity index (χ0) is 56.7. The number of carbonyl (C=O) groups is 1. The predicted octanol–water partition coefficient (Wildman–Crippen LogP) is 11.8. The van der Waals surface area contributed by atoms with Gasteiger partial charge in [0.1, 0.15) is 48.8 Å². The van der Waals surface area contributed by atoms with Crippen molar-refractivity contribution < 1.29 is 64.6 Å². The molecule has 458 valence electrons. The Hall–Kier alpha value is -1.79. The zero-order valence-corrected chi connectivity index (χ0v) is 49.4. The molecule has 0 aliphatic carbocycles. The second-order valence-corrected chi connectivity index (χ2v) is 22.9. The number of aliphatic hydroxyl groups excluding tert-OH is 8.